The Morgan fingerprint density at radius 3 is 2.52 bits per heavy atom. The Hall–Kier alpha value is -2.61. The maximum absolute atomic E-state index is 12.5. The van der Waals surface area contributed by atoms with Crippen LogP contribution < -0.4 is 15.4 Å². The van der Waals surface area contributed by atoms with Crippen LogP contribution in [0.1, 0.15) is 18.4 Å². The molecule has 0 aliphatic carbocycles. The van der Waals surface area contributed by atoms with Crippen LogP contribution in [0.4, 0.5) is 18.9 Å². The van der Waals surface area contributed by atoms with Crippen LogP contribution in [0.5, 0.6) is 11.6 Å². The number of nitrogens with zero attached hydrogens (tertiary/aromatic N) is 1. The van der Waals surface area contributed by atoms with Gasteiger partial charge in [-0.15, -0.1) is 0 Å². The monoisotopic (exact) mass is 351 g/mol. The molecule has 0 radical (unpaired) electrons. The van der Waals surface area contributed by atoms with Crippen LogP contribution in [-0.2, 0) is 11.0 Å². The summed E-state index contributed by atoms with van der Waals surface area (Å²) in [7, 11) is 0. The molecule has 0 saturated carbocycles. The standard InChI is InChI=1S/C17H16F3N3O2/c18-17(19,20)11-3-6-13(7-4-11)25-15-8-5-12(10-22-15)23-16(24)14-2-1-9-21-14/h3-8,10,14,21H,1-2,9H2,(H,23,24). The van der Waals surface area contributed by atoms with Crippen molar-refractivity contribution in [3.05, 3.63) is 48.2 Å². The molecule has 0 spiro atoms. The minimum absolute atomic E-state index is 0.115. The van der Waals surface area contributed by atoms with Crippen molar-refractivity contribution in [3.8, 4) is 11.6 Å². The Balaban J connectivity index is 1.59. The van der Waals surface area contributed by atoms with Crippen molar-refractivity contribution in [2.75, 3.05) is 11.9 Å². The number of aromatic nitrogens is 1. The van der Waals surface area contributed by atoms with Gasteiger partial charge in [-0.25, -0.2) is 4.98 Å². The van der Waals surface area contributed by atoms with Gasteiger partial charge in [-0.1, -0.05) is 0 Å². The van der Waals surface area contributed by atoms with Crippen molar-refractivity contribution in [1.29, 1.82) is 0 Å². The highest BCUT2D eigenvalue weighted by atomic mass is 19.4. The lowest BCUT2D eigenvalue weighted by Crippen LogP contribution is -2.35. The molecule has 1 fully saturated rings. The van der Waals surface area contributed by atoms with Gasteiger partial charge in [0.25, 0.3) is 0 Å². The zero-order valence-electron chi connectivity index (χ0n) is 13.1. The van der Waals surface area contributed by atoms with Gasteiger partial charge in [0, 0.05) is 6.07 Å². The largest absolute Gasteiger partial charge is 0.439 e. The number of pyridine rings is 1. The van der Waals surface area contributed by atoms with Gasteiger partial charge >= 0.3 is 6.18 Å². The van der Waals surface area contributed by atoms with Gasteiger partial charge in [-0.2, -0.15) is 13.2 Å². The van der Waals surface area contributed by atoms with E-state index in [1.807, 2.05) is 0 Å². The first kappa shape index (κ1) is 17.2. The maximum Gasteiger partial charge on any atom is 0.416 e. The third-order valence-corrected chi connectivity index (χ3v) is 3.78. The molecule has 2 N–H and O–H groups in total. The molecule has 132 valence electrons. The van der Waals surface area contributed by atoms with Gasteiger partial charge in [0.2, 0.25) is 11.8 Å². The fourth-order valence-corrected chi connectivity index (χ4v) is 2.49. The van der Waals surface area contributed by atoms with E-state index >= 15 is 0 Å². The van der Waals surface area contributed by atoms with Crippen LogP contribution in [0.3, 0.4) is 0 Å². The summed E-state index contributed by atoms with van der Waals surface area (Å²) in [5.41, 5.74) is -0.218. The molecule has 1 amide bonds. The summed E-state index contributed by atoms with van der Waals surface area (Å²) < 4.78 is 42.9. The van der Waals surface area contributed by atoms with E-state index in [1.54, 1.807) is 6.07 Å². The molecule has 1 atom stereocenters. The fourth-order valence-electron chi connectivity index (χ4n) is 2.49. The summed E-state index contributed by atoms with van der Waals surface area (Å²) in [5.74, 6) is 0.347. The SMILES string of the molecule is O=C(Nc1ccc(Oc2ccc(C(F)(F)F)cc2)nc1)C1CCCN1. The highest BCUT2D eigenvalue weighted by molar-refractivity contribution is 5.94. The van der Waals surface area contributed by atoms with Crippen LogP contribution >= 0.6 is 0 Å². The number of ether oxygens (including phenoxy) is 1. The smallest absolute Gasteiger partial charge is 0.416 e. The second-order valence-corrected chi connectivity index (χ2v) is 5.65. The van der Waals surface area contributed by atoms with Gasteiger partial charge in [0.15, 0.2) is 0 Å². The van der Waals surface area contributed by atoms with Crippen molar-refractivity contribution in [3.63, 3.8) is 0 Å². The summed E-state index contributed by atoms with van der Waals surface area (Å²) >= 11 is 0. The predicted molar refractivity (Wildman–Crippen MR) is 85.4 cm³/mol. The van der Waals surface area contributed by atoms with E-state index in [1.165, 1.54) is 24.4 Å². The number of hydrogen-bond donors (Lipinski definition) is 2. The van der Waals surface area contributed by atoms with Crippen molar-refractivity contribution >= 4 is 11.6 Å². The third kappa shape index (κ3) is 4.48. The molecule has 8 heteroatoms. The van der Waals surface area contributed by atoms with E-state index in [2.05, 4.69) is 15.6 Å². The maximum atomic E-state index is 12.5. The lowest BCUT2D eigenvalue weighted by Gasteiger charge is -2.11. The van der Waals surface area contributed by atoms with Gasteiger partial charge in [0.05, 0.1) is 23.5 Å². The van der Waals surface area contributed by atoms with E-state index in [4.69, 9.17) is 4.74 Å². The second-order valence-electron chi connectivity index (χ2n) is 5.65. The number of amides is 1. The Morgan fingerprint density at radius 1 is 1.20 bits per heavy atom. The predicted octanol–water partition coefficient (Wildman–Crippen LogP) is 3.58. The van der Waals surface area contributed by atoms with E-state index in [-0.39, 0.29) is 23.6 Å². The molecule has 3 rings (SSSR count). The van der Waals surface area contributed by atoms with Crippen LogP contribution in [-0.4, -0.2) is 23.5 Å². The van der Waals surface area contributed by atoms with Crippen LogP contribution in [0, 0.1) is 0 Å². The van der Waals surface area contributed by atoms with E-state index < -0.39 is 11.7 Å². The number of carbonyl (C=O) groups excluding carboxylic acids is 1. The molecular weight excluding hydrogens is 335 g/mol. The first-order valence-corrected chi connectivity index (χ1v) is 7.77. The molecule has 1 aromatic carbocycles. The normalized spacial score (nSPS) is 17.3. The average molecular weight is 351 g/mol. The number of hydrogen-bond acceptors (Lipinski definition) is 4. The van der Waals surface area contributed by atoms with Crippen LogP contribution in [0.15, 0.2) is 42.6 Å². The Bertz CT molecular complexity index is 724. The van der Waals surface area contributed by atoms with Crippen LogP contribution in [0.2, 0.25) is 0 Å². The van der Waals surface area contributed by atoms with Gasteiger partial charge in [-0.05, 0) is 49.7 Å². The molecular formula is C17H16F3N3O2. The highest BCUT2D eigenvalue weighted by Crippen LogP contribution is 2.31. The molecule has 1 aliphatic rings. The van der Waals surface area contributed by atoms with Crippen molar-refractivity contribution < 1.29 is 22.7 Å². The number of alkyl halides is 3. The fraction of sp³-hybridized carbons (Fsp3) is 0.294. The van der Waals surface area contributed by atoms with E-state index in [0.29, 0.717) is 5.69 Å². The molecule has 1 unspecified atom stereocenters. The highest BCUT2D eigenvalue weighted by Gasteiger charge is 2.30. The zero-order valence-corrected chi connectivity index (χ0v) is 13.1. The number of carbonyl (C=O) groups is 1. The van der Waals surface area contributed by atoms with E-state index in [9.17, 15) is 18.0 Å². The average Bonchev–Trinajstić information content (AvgIpc) is 3.11. The summed E-state index contributed by atoms with van der Waals surface area (Å²) in [5, 5.41) is 5.85. The first-order chi connectivity index (χ1) is 11.9. The number of nitrogens with one attached hydrogen (secondary N) is 2. The molecule has 1 aliphatic heterocycles. The number of benzene rings is 1. The van der Waals surface area contributed by atoms with Crippen molar-refractivity contribution in [2.24, 2.45) is 0 Å². The van der Waals surface area contributed by atoms with Gasteiger partial charge in [-0.3, -0.25) is 4.79 Å². The van der Waals surface area contributed by atoms with Gasteiger partial charge < -0.3 is 15.4 Å². The molecule has 2 aromatic rings. The summed E-state index contributed by atoms with van der Waals surface area (Å²) in [4.78, 5) is 16.0. The summed E-state index contributed by atoms with van der Waals surface area (Å²) in [6, 6.07) is 7.31. The number of halogens is 3. The molecule has 1 aromatic heterocycles. The van der Waals surface area contributed by atoms with E-state index in [0.717, 1.165) is 31.5 Å². The quantitative estimate of drug-likeness (QED) is 0.884. The third-order valence-electron chi connectivity index (χ3n) is 3.78. The molecule has 5 nitrogen and oxygen atoms in total. The van der Waals surface area contributed by atoms with Gasteiger partial charge in [0.1, 0.15) is 5.75 Å². The van der Waals surface area contributed by atoms with Crippen LogP contribution in [0.25, 0.3) is 0 Å². The Kier molecular flexibility index (Phi) is 4.89. The minimum Gasteiger partial charge on any atom is -0.439 e. The molecule has 0 bridgehead atoms. The first-order valence-electron chi connectivity index (χ1n) is 7.77. The molecule has 1 saturated heterocycles. The molecule has 25 heavy (non-hydrogen) atoms. The topological polar surface area (TPSA) is 63.2 Å². The second kappa shape index (κ2) is 7.10. The van der Waals surface area contributed by atoms with Crippen molar-refractivity contribution in [2.45, 2.75) is 25.1 Å². The summed E-state index contributed by atoms with van der Waals surface area (Å²) in [6.07, 6.45) is -1.18. The minimum atomic E-state index is -4.38. The zero-order chi connectivity index (χ0) is 17.9. The molecule has 2 heterocycles. The summed E-state index contributed by atoms with van der Waals surface area (Å²) in [6.45, 7) is 0.830. The Morgan fingerprint density at radius 2 is 1.96 bits per heavy atom. The number of rotatable bonds is 4. The number of anilines is 1. The Labute approximate surface area is 142 Å². The lowest BCUT2D eigenvalue weighted by atomic mass is 10.2. The van der Waals surface area contributed by atoms with Crippen molar-refractivity contribution in [1.82, 2.24) is 10.3 Å². The lowest BCUT2D eigenvalue weighted by molar-refractivity contribution is -0.137.